The van der Waals surface area contributed by atoms with Gasteiger partial charge in [-0.25, -0.2) is 0 Å². The SMILES string of the molecule is N=C(N)C1CCC(C(=O)NC2CCC3CC(CCC(=O)O)CCC3C2)CC1. The number of amidine groups is 1. The number of amides is 1. The van der Waals surface area contributed by atoms with Gasteiger partial charge in [0.2, 0.25) is 5.91 Å². The molecule has 3 fully saturated rings. The fraction of sp³-hybridized carbons (Fsp3) is 0.857. The van der Waals surface area contributed by atoms with E-state index in [1.165, 1.54) is 12.8 Å². The van der Waals surface area contributed by atoms with Crippen molar-refractivity contribution in [2.24, 2.45) is 35.3 Å². The number of fused-ring (bicyclic) bond motifs is 1. The monoisotopic (exact) mass is 377 g/mol. The second-order valence-corrected chi connectivity index (χ2v) is 9.15. The number of aliphatic carboxylic acids is 1. The summed E-state index contributed by atoms with van der Waals surface area (Å²) in [4.78, 5) is 23.4. The van der Waals surface area contributed by atoms with Crippen molar-refractivity contribution in [1.29, 1.82) is 5.41 Å². The van der Waals surface area contributed by atoms with Crippen LogP contribution in [0.25, 0.3) is 0 Å². The summed E-state index contributed by atoms with van der Waals surface area (Å²) in [6.45, 7) is 0. The summed E-state index contributed by atoms with van der Waals surface area (Å²) in [6.07, 6.45) is 11.3. The number of hydrogen-bond donors (Lipinski definition) is 4. The van der Waals surface area contributed by atoms with Gasteiger partial charge in [0.1, 0.15) is 0 Å². The number of nitrogens with one attached hydrogen (secondary N) is 2. The van der Waals surface area contributed by atoms with Crippen LogP contribution in [0.1, 0.15) is 77.0 Å². The molecule has 0 aromatic rings. The van der Waals surface area contributed by atoms with Crippen LogP contribution >= 0.6 is 0 Å². The highest BCUT2D eigenvalue weighted by Crippen LogP contribution is 2.44. The molecule has 152 valence electrons. The summed E-state index contributed by atoms with van der Waals surface area (Å²) >= 11 is 0. The van der Waals surface area contributed by atoms with Gasteiger partial charge in [0.15, 0.2) is 0 Å². The van der Waals surface area contributed by atoms with E-state index in [-0.39, 0.29) is 23.6 Å². The molecule has 0 aromatic heterocycles. The summed E-state index contributed by atoms with van der Waals surface area (Å²) in [6, 6.07) is 0.305. The van der Waals surface area contributed by atoms with Crippen molar-refractivity contribution in [2.45, 2.75) is 83.1 Å². The molecule has 3 aliphatic rings. The maximum atomic E-state index is 12.7. The van der Waals surface area contributed by atoms with E-state index in [1.54, 1.807) is 0 Å². The fourth-order valence-electron chi connectivity index (χ4n) is 5.69. The topological polar surface area (TPSA) is 116 Å². The first-order chi connectivity index (χ1) is 12.9. The maximum absolute atomic E-state index is 12.7. The number of nitrogens with two attached hydrogens (primary N) is 1. The molecule has 3 aliphatic carbocycles. The van der Waals surface area contributed by atoms with Crippen LogP contribution in [0.3, 0.4) is 0 Å². The first-order valence-electron chi connectivity index (χ1n) is 10.8. The van der Waals surface area contributed by atoms with Crippen LogP contribution in [0.4, 0.5) is 0 Å². The van der Waals surface area contributed by atoms with Crippen molar-refractivity contribution in [3.8, 4) is 0 Å². The Labute approximate surface area is 162 Å². The average molecular weight is 378 g/mol. The molecule has 1 amide bonds. The van der Waals surface area contributed by atoms with Crippen LogP contribution in [-0.4, -0.2) is 28.9 Å². The van der Waals surface area contributed by atoms with Crippen LogP contribution in [0, 0.1) is 35.0 Å². The molecule has 0 spiro atoms. The number of hydrogen-bond acceptors (Lipinski definition) is 3. The van der Waals surface area contributed by atoms with Crippen LogP contribution in [-0.2, 0) is 9.59 Å². The maximum Gasteiger partial charge on any atom is 0.303 e. The van der Waals surface area contributed by atoms with Gasteiger partial charge in [0.25, 0.3) is 0 Å². The predicted molar refractivity (Wildman–Crippen MR) is 104 cm³/mol. The van der Waals surface area contributed by atoms with Crippen molar-refractivity contribution in [1.82, 2.24) is 5.32 Å². The molecule has 4 unspecified atom stereocenters. The minimum absolute atomic E-state index is 0.0880. The average Bonchev–Trinajstić information content (AvgIpc) is 2.66. The molecular formula is C21H35N3O3. The minimum Gasteiger partial charge on any atom is -0.481 e. The molecule has 6 heteroatoms. The molecule has 27 heavy (non-hydrogen) atoms. The van der Waals surface area contributed by atoms with Gasteiger partial charge in [-0.15, -0.1) is 0 Å². The lowest BCUT2D eigenvalue weighted by molar-refractivity contribution is -0.137. The molecule has 0 bridgehead atoms. The Kier molecular flexibility index (Phi) is 6.77. The van der Waals surface area contributed by atoms with E-state index in [4.69, 9.17) is 16.2 Å². The Morgan fingerprint density at radius 2 is 1.56 bits per heavy atom. The van der Waals surface area contributed by atoms with E-state index in [9.17, 15) is 9.59 Å². The molecule has 0 aliphatic heterocycles. The molecule has 0 aromatic carbocycles. The van der Waals surface area contributed by atoms with Gasteiger partial charge in [-0.3, -0.25) is 15.0 Å². The quantitative estimate of drug-likeness (QED) is 0.420. The van der Waals surface area contributed by atoms with Gasteiger partial charge in [-0.1, -0.05) is 6.42 Å². The van der Waals surface area contributed by atoms with Gasteiger partial charge in [0.05, 0.1) is 5.84 Å². The minimum atomic E-state index is -0.680. The number of rotatable bonds is 6. The zero-order valence-corrected chi connectivity index (χ0v) is 16.3. The van der Waals surface area contributed by atoms with Crippen molar-refractivity contribution < 1.29 is 14.7 Å². The standard InChI is InChI=1S/C21H35N3O3/c22-20(23)14-4-6-15(7-5-14)21(27)24-18-9-8-16-11-13(2-10-19(25)26)1-3-17(16)12-18/h13-18H,1-12H2,(H3,22,23)(H,24,27)(H,25,26). The van der Waals surface area contributed by atoms with Gasteiger partial charge in [-0.2, -0.15) is 0 Å². The third-order valence-electron chi connectivity index (χ3n) is 7.37. The summed E-state index contributed by atoms with van der Waals surface area (Å²) in [5.74, 6) is 2.04. The van der Waals surface area contributed by atoms with Crippen LogP contribution in [0.5, 0.6) is 0 Å². The van der Waals surface area contributed by atoms with Crippen molar-refractivity contribution in [2.75, 3.05) is 0 Å². The highest BCUT2D eigenvalue weighted by Gasteiger charge is 2.37. The Bertz CT molecular complexity index is 557. The van der Waals surface area contributed by atoms with Crippen LogP contribution in [0.15, 0.2) is 0 Å². The lowest BCUT2D eigenvalue weighted by Gasteiger charge is -2.42. The molecule has 3 saturated carbocycles. The van der Waals surface area contributed by atoms with E-state index < -0.39 is 5.97 Å². The largest absolute Gasteiger partial charge is 0.481 e. The van der Waals surface area contributed by atoms with E-state index in [0.717, 1.165) is 63.7 Å². The molecule has 5 N–H and O–H groups in total. The van der Waals surface area contributed by atoms with Gasteiger partial charge in [-0.05, 0) is 82.0 Å². The highest BCUT2D eigenvalue weighted by atomic mass is 16.4. The third kappa shape index (κ3) is 5.45. The Morgan fingerprint density at radius 3 is 2.22 bits per heavy atom. The summed E-state index contributed by atoms with van der Waals surface area (Å²) in [7, 11) is 0. The van der Waals surface area contributed by atoms with Gasteiger partial charge in [0, 0.05) is 24.3 Å². The van der Waals surface area contributed by atoms with Gasteiger partial charge < -0.3 is 16.2 Å². The normalized spacial score (nSPS) is 36.4. The van der Waals surface area contributed by atoms with Crippen LogP contribution in [0.2, 0.25) is 0 Å². The van der Waals surface area contributed by atoms with Crippen molar-refractivity contribution >= 4 is 17.7 Å². The second-order valence-electron chi connectivity index (χ2n) is 9.15. The van der Waals surface area contributed by atoms with E-state index in [2.05, 4.69) is 5.32 Å². The number of carboxylic acid groups (broad SMARTS) is 1. The summed E-state index contributed by atoms with van der Waals surface area (Å²) in [5, 5.41) is 19.8. The zero-order valence-electron chi connectivity index (χ0n) is 16.3. The zero-order chi connectivity index (χ0) is 19.4. The number of carbonyl (C=O) groups is 2. The number of carbonyl (C=O) groups excluding carboxylic acids is 1. The van der Waals surface area contributed by atoms with Gasteiger partial charge >= 0.3 is 5.97 Å². The Hall–Kier alpha value is -1.59. The fourth-order valence-corrected chi connectivity index (χ4v) is 5.69. The highest BCUT2D eigenvalue weighted by molar-refractivity contribution is 5.81. The molecule has 0 heterocycles. The van der Waals surface area contributed by atoms with Crippen molar-refractivity contribution in [3.63, 3.8) is 0 Å². The lowest BCUT2D eigenvalue weighted by Crippen LogP contribution is -2.45. The number of carboxylic acids is 1. The molecule has 0 saturated heterocycles. The van der Waals surface area contributed by atoms with E-state index in [1.807, 2.05) is 0 Å². The molecular weight excluding hydrogens is 342 g/mol. The van der Waals surface area contributed by atoms with E-state index in [0.29, 0.717) is 24.3 Å². The Morgan fingerprint density at radius 1 is 0.926 bits per heavy atom. The lowest BCUT2D eigenvalue weighted by atomic mass is 9.65. The molecule has 3 rings (SSSR count). The predicted octanol–water partition coefficient (Wildman–Crippen LogP) is 3.29. The summed E-state index contributed by atoms with van der Waals surface area (Å²) < 4.78 is 0. The first kappa shape index (κ1) is 20.2. The second kappa shape index (κ2) is 9.07. The molecule has 4 atom stereocenters. The summed E-state index contributed by atoms with van der Waals surface area (Å²) in [5.41, 5.74) is 5.60. The van der Waals surface area contributed by atoms with Crippen LogP contribution < -0.4 is 11.1 Å². The first-order valence-corrected chi connectivity index (χ1v) is 10.8. The van der Waals surface area contributed by atoms with Crippen molar-refractivity contribution in [3.05, 3.63) is 0 Å². The Balaban J connectivity index is 1.41. The smallest absolute Gasteiger partial charge is 0.303 e. The molecule has 0 radical (unpaired) electrons. The third-order valence-corrected chi connectivity index (χ3v) is 7.37. The van der Waals surface area contributed by atoms with E-state index >= 15 is 0 Å². The molecule has 6 nitrogen and oxygen atoms in total.